The Labute approximate surface area is 244 Å². The number of benzene rings is 3. The topological polar surface area (TPSA) is 88.8 Å². The van der Waals surface area contributed by atoms with Gasteiger partial charge in [-0.05, 0) is 75.4 Å². The number of imidazole rings is 1. The number of hydrogen-bond donors (Lipinski definition) is 2. The van der Waals surface area contributed by atoms with Crippen molar-refractivity contribution < 1.29 is 19.0 Å². The molecular weight excluding hydrogens is 531 g/mol. The normalized spacial score (nSPS) is 14.4. The number of ether oxygens (including phenoxy) is 1. The van der Waals surface area contributed by atoms with Gasteiger partial charge in [0.05, 0.1) is 29.7 Å². The predicted molar refractivity (Wildman–Crippen MR) is 160 cm³/mol. The standard InChI is InChI=1S/C34H33FN4O3/c1-33(2,3)42-32(41)37-34(16-7-17-34)26-13-10-23(11-14-26)31-27(22-8-5-4-6-9-22)19-30-36-20-29(39(30)38-31)24-12-15-28(35)25(18-24)21-40/h4-6,8-15,18-20,40H,7,16-17,21H2,1-3H3,(H,37,41). The minimum atomic E-state index is -0.573. The maximum atomic E-state index is 14.1. The number of fused-ring (bicyclic) bond motifs is 1. The summed E-state index contributed by atoms with van der Waals surface area (Å²) in [7, 11) is 0. The zero-order valence-electron chi connectivity index (χ0n) is 23.9. The van der Waals surface area contributed by atoms with Crippen LogP contribution in [0.5, 0.6) is 0 Å². The van der Waals surface area contributed by atoms with Crippen LogP contribution in [0, 0.1) is 5.82 Å². The third kappa shape index (κ3) is 5.25. The van der Waals surface area contributed by atoms with E-state index >= 15 is 0 Å². The number of nitrogens with one attached hydrogen (secondary N) is 1. The van der Waals surface area contributed by atoms with E-state index < -0.39 is 29.7 Å². The smallest absolute Gasteiger partial charge is 0.408 e. The van der Waals surface area contributed by atoms with Crippen LogP contribution in [0.25, 0.3) is 39.3 Å². The summed E-state index contributed by atoms with van der Waals surface area (Å²) in [5.41, 5.74) is 5.84. The van der Waals surface area contributed by atoms with Crippen molar-refractivity contribution in [3.63, 3.8) is 0 Å². The number of carbonyl (C=O) groups excluding carboxylic acids is 1. The molecule has 1 saturated carbocycles. The van der Waals surface area contributed by atoms with Crippen molar-refractivity contribution in [1.29, 1.82) is 0 Å². The van der Waals surface area contributed by atoms with Crippen LogP contribution in [0.3, 0.4) is 0 Å². The Kier molecular flexibility index (Phi) is 7.02. The Morgan fingerprint density at radius 1 is 1.00 bits per heavy atom. The second-order valence-electron chi connectivity index (χ2n) is 11.8. The van der Waals surface area contributed by atoms with E-state index in [1.807, 2.05) is 69.3 Å². The Morgan fingerprint density at radius 2 is 1.71 bits per heavy atom. The van der Waals surface area contributed by atoms with E-state index in [-0.39, 0.29) is 5.56 Å². The first-order valence-corrected chi connectivity index (χ1v) is 14.1. The molecule has 42 heavy (non-hydrogen) atoms. The molecule has 0 bridgehead atoms. The quantitative estimate of drug-likeness (QED) is 0.227. The van der Waals surface area contributed by atoms with Crippen LogP contribution in [0.4, 0.5) is 9.18 Å². The summed E-state index contributed by atoms with van der Waals surface area (Å²) in [5, 5.41) is 17.8. The third-order valence-electron chi connectivity index (χ3n) is 7.75. The molecule has 8 heteroatoms. The molecule has 0 saturated heterocycles. The van der Waals surface area contributed by atoms with E-state index in [9.17, 15) is 14.3 Å². The number of aliphatic hydroxyl groups is 1. The molecule has 0 atom stereocenters. The van der Waals surface area contributed by atoms with Gasteiger partial charge in [0.15, 0.2) is 5.65 Å². The summed E-state index contributed by atoms with van der Waals surface area (Å²) in [6.45, 7) is 5.17. The van der Waals surface area contributed by atoms with Crippen molar-refractivity contribution in [1.82, 2.24) is 19.9 Å². The van der Waals surface area contributed by atoms with Gasteiger partial charge in [-0.2, -0.15) is 5.10 Å². The minimum Gasteiger partial charge on any atom is -0.444 e. The molecule has 1 fully saturated rings. The van der Waals surface area contributed by atoms with Crippen molar-refractivity contribution in [3.05, 3.63) is 102 Å². The number of halogens is 1. The number of nitrogens with zero attached hydrogens (tertiary/aromatic N) is 3. The lowest BCUT2D eigenvalue weighted by Gasteiger charge is -2.43. The van der Waals surface area contributed by atoms with Crippen molar-refractivity contribution in [3.8, 4) is 33.6 Å². The maximum absolute atomic E-state index is 14.1. The molecular formula is C34H33FN4O3. The average Bonchev–Trinajstić information content (AvgIpc) is 3.37. The molecule has 1 aliphatic rings. The van der Waals surface area contributed by atoms with E-state index in [0.29, 0.717) is 16.9 Å². The Morgan fingerprint density at radius 3 is 2.36 bits per heavy atom. The van der Waals surface area contributed by atoms with Crippen LogP contribution in [-0.4, -0.2) is 31.4 Å². The Hall–Kier alpha value is -4.56. The number of carbonyl (C=O) groups is 1. The van der Waals surface area contributed by atoms with Gasteiger partial charge >= 0.3 is 6.09 Å². The Balaban J connectivity index is 1.42. The fourth-order valence-electron chi connectivity index (χ4n) is 5.48. The number of rotatable bonds is 6. The monoisotopic (exact) mass is 564 g/mol. The summed E-state index contributed by atoms with van der Waals surface area (Å²) in [6.07, 6.45) is 4.01. The average molecular weight is 565 g/mol. The molecule has 2 heterocycles. The molecule has 3 aromatic carbocycles. The molecule has 0 spiro atoms. The van der Waals surface area contributed by atoms with E-state index in [1.54, 1.807) is 22.8 Å². The lowest BCUT2D eigenvalue weighted by molar-refractivity contribution is 0.0377. The number of aromatic nitrogens is 3. The summed E-state index contributed by atoms with van der Waals surface area (Å²) < 4.78 is 21.4. The molecule has 0 aliphatic heterocycles. The lowest BCUT2D eigenvalue weighted by atomic mass is 9.71. The van der Waals surface area contributed by atoms with Crippen LogP contribution < -0.4 is 5.32 Å². The van der Waals surface area contributed by atoms with Gasteiger partial charge in [0.2, 0.25) is 0 Å². The highest BCUT2D eigenvalue weighted by Gasteiger charge is 2.41. The number of alkyl carbamates (subject to hydrolysis) is 1. The van der Waals surface area contributed by atoms with Gasteiger partial charge in [-0.3, -0.25) is 0 Å². The first-order valence-electron chi connectivity index (χ1n) is 14.1. The van der Waals surface area contributed by atoms with E-state index in [2.05, 4.69) is 22.4 Å². The Bertz CT molecular complexity index is 1750. The van der Waals surface area contributed by atoms with E-state index in [4.69, 9.17) is 9.84 Å². The van der Waals surface area contributed by atoms with Gasteiger partial charge in [-0.1, -0.05) is 54.6 Å². The van der Waals surface area contributed by atoms with E-state index in [0.717, 1.165) is 47.2 Å². The van der Waals surface area contributed by atoms with Crippen LogP contribution in [0.2, 0.25) is 0 Å². The fourth-order valence-corrected chi connectivity index (χ4v) is 5.48. The van der Waals surface area contributed by atoms with Crippen LogP contribution in [0.15, 0.2) is 85.1 Å². The summed E-state index contributed by atoms with van der Waals surface area (Å²) in [4.78, 5) is 17.3. The second-order valence-corrected chi connectivity index (χ2v) is 11.8. The predicted octanol–water partition coefficient (Wildman–Crippen LogP) is 7.27. The van der Waals surface area contributed by atoms with Crippen molar-refractivity contribution in [2.75, 3.05) is 0 Å². The molecule has 214 valence electrons. The van der Waals surface area contributed by atoms with Gasteiger partial charge in [-0.15, -0.1) is 0 Å². The van der Waals surface area contributed by atoms with Gasteiger partial charge in [-0.25, -0.2) is 18.7 Å². The lowest BCUT2D eigenvalue weighted by Crippen LogP contribution is -2.52. The third-order valence-corrected chi connectivity index (χ3v) is 7.75. The van der Waals surface area contributed by atoms with Crippen molar-refractivity contribution in [2.45, 2.75) is 57.8 Å². The van der Waals surface area contributed by atoms with Crippen molar-refractivity contribution in [2.24, 2.45) is 0 Å². The molecule has 1 aliphatic carbocycles. The molecule has 6 rings (SSSR count). The van der Waals surface area contributed by atoms with Crippen molar-refractivity contribution >= 4 is 11.7 Å². The highest BCUT2D eigenvalue weighted by atomic mass is 19.1. The molecule has 7 nitrogen and oxygen atoms in total. The molecule has 0 unspecified atom stereocenters. The van der Waals surface area contributed by atoms with Crippen LogP contribution in [-0.2, 0) is 16.9 Å². The number of hydrogen-bond acceptors (Lipinski definition) is 5. The van der Waals surface area contributed by atoms with E-state index in [1.165, 1.54) is 6.07 Å². The zero-order valence-corrected chi connectivity index (χ0v) is 23.9. The van der Waals surface area contributed by atoms with Gasteiger partial charge < -0.3 is 15.2 Å². The molecule has 2 aromatic heterocycles. The summed E-state index contributed by atoms with van der Waals surface area (Å²) in [6, 6.07) is 24.8. The van der Waals surface area contributed by atoms with Gasteiger partial charge in [0.25, 0.3) is 0 Å². The SMILES string of the molecule is CC(C)(C)OC(=O)NC1(c2ccc(-c3nn4c(-c5ccc(F)c(CO)c5)cnc4cc3-c3ccccc3)cc2)CCC1. The highest BCUT2D eigenvalue weighted by molar-refractivity contribution is 5.83. The maximum Gasteiger partial charge on any atom is 0.408 e. The number of aliphatic hydroxyl groups excluding tert-OH is 1. The summed E-state index contributed by atoms with van der Waals surface area (Å²) >= 11 is 0. The largest absolute Gasteiger partial charge is 0.444 e. The summed E-state index contributed by atoms with van der Waals surface area (Å²) in [5.74, 6) is -0.458. The van der Waals surface area contributed by atoms with Crippen LogP contribution in [0.1, 0.15) is 51.2 Å². The molecule has 2 N–H and O–H groups in total. The fraction of sp³-hybridized carbons (Fsp3) is 0.265. The van der Waals surface area contributed by atoms with Gasteiger partial charge in [0, 0.05) is 22.3 Å². The highest BCUT2D eigenvalue weighted by Crippen LogP contribution is 2.42. The second kappa shape index (κ2) is 10.7. The zero-order chi connectivity index (χ0) is 29.5. The van der Waals surface area contributed by atoms with Crippen LogP contribution >= 0.6 is 0 Å². The minimum absolute atomic E-state index is 0.212. The molecule has 1 amide bonds. The first kappa shape index (κ1) is 27.6. The first-order chi connectivity index (χ1) is 20.2. The number of amides is 1. The van der Waals surface area contributed by atoms with Gasteiger partial charge in [0.1, 0.15) is 11.4 Å². The molecule has 0 radical (unpaired) electrons. The molecule has 5 aromatic rings.